The van der Waals surface area contributed by atoms with Crippen molar-refractivity contribution in [2.75, 3.05) is 43.4 Å². The number of ether oxygens (including phenoxy) is 2. The molecule has 0 aromatic heterocycles. The van der Waals surface area contributed by atoms with Gasteiger partial charge in [0.2, 0.25) is 0 Å². The fraction of sp³-hybridized carbons (Fsp3) is 0.588. The molecule has 128 valence electrons. The number of nitrogen functional groups attached to an aromatic ring is 1. The molecule has 0 saturated carbocycles. The van der Waals surface area contributed by atoms with E-state index in [9.17, 15) is 4.79 Å². The normalized spacial score (nSPS) is 15.5. The van der Waals surface area contributed by atoms with Gasteiger partial charge in [0.1, 0.15) is 11.4 Å². The number of hydrogen-bond acceptors (Lipinski definition) is 5. The lowest BCUT2D eigenvalue weighted by Crippen LogP contribution is -2.50. The molecule has 1 aliphatic rings. The summed E-state index contributed by atoms with van der Waals surface area (Å²) in [7, 11) is 0. The molecule has 2 N–H and O–H groups in total. The SMILES string of the molecule is CCOc1cc(N2CCN(C(=O)OC(C)(C)C)CC2)ccc1N. The average Bonchev–Trinajstić information content (AvgIpc) is 2.48. The number of carbonyl (C=O) groups is 1. The molecule has 1 aromatic rings. The van der Waals surface area contributed by atoms with Crippen molar-refractivity contribution in [3.63, 3.8) is 0 Å². The first-order chi connectivity index (χ1) is 10.8. The van der Waals surface area contributed by atoms with Crippen molar-refractivity contribution in [1.29, 1.82) is 0 Å². The Kier molecular flexibility index (Phi) is 5.23. The number of hydrogen-bond donors (Lipinski definition) is 1. The van der Waals surface area contributed by atoms with Gasteiger partial charge in [0.15, 0.2) is 0 Å². The maximum Gasteiger partial charge on any atom is 0.410 e. The second-order valence-electron chi connectivity index (χ2n) is 6.61. The Morgan fingerprint density at radius 1 is 1.22 bits per heavy atom. The van der Waals surface area contributed by atoms with Crippen LogP contribution in [0.1, 0.15) is 27.7 Å². The number of nitrogens with zero attached hydrogens (tertiary/aromatic N) is 2. The average molecular weight is 321 g/mol. The van der Waals surface area contributed by atoms with Crippen LogP contribution in [0.5, 0.6) is 5.75 Å². The predicted molar refractivity (Wildman–Crippen MR) is 92.0 cm³/mol. The first-order valence-corrected chi connectivity index (χ1v) is 8.05. The maximum atomic E-state index is 12.1. The Bertz CT molecular complexity index is 547. The molecule has 1 amide bonds. The van der Waals surface area contributed by atoms with Crippen LogP contribution in [0.25, 0.3) is 0 Å². The van der Waals surface area contributed by atoms with Crippen LogP contribution in [-0.2, 0) is 4.74 Å². The van der Waals surface area contributed by atoms with Crippen molar-refractivity contribution in [2.45, 2.75) is 33.3 Å². The Hall–Kier alpha value is -2.11. The van der Waals surface area contributed by atoms with Crippen LogP contribution >= 0.6 is 0 Å². The molecule has 1 aromatic carbocycles. The maximum absolute atomic E-state index is 12.1. The van der Waals surface area contributed by atoms with Gasteiger partial charge in [0.25, 0.3) is 0 Å². The van der Waals surface area contributed by atoms with Crippen LogP contribution in [0.4, 0.5) is 16.2 Å². The number of piperazine rings is 1. The van der Waals surface area contributed by atoms with Crippen molar-refractivity contribution in [3.05, 3.63) is 18.2 Å². The van der Waals surface area contributed by atoms with E-state index in [-0.39, 0.29) is 6.09 Å². The highest BCUT2D eigenvalue weighted by Gasteiger charge is 2.26. The molecular weight excluding hydrogens is 294 g/mol. The molecule has 0 radical (unpaired) electrons. The first-order valence-electron chi connectivity index (χ1n) is 8.05. The zero-order chi connectivity index (χ0) is 17.0. The zero-order valence-electron chi connectivity index (χ0n) is 14.5. The van der Waals surface area contributed by atoms with Gasteiger partial charge in [-0.05, 0) is 39.8 Å². The lowest BCUT2D eigenvalue weighted by molar-refractivity contribution is 0.0240. The van der Waals surface area contributed by atoms with Crippen LogP contribution in [0.2, 0.25) is 0 Å². The van der Waals surface area contributed by atoms with E-state index in [0.717, 1.165) is 18.8 Å². The van der Waals surface area contributed by atoms with Gasteiger partial charge in [0.05, 0.1) is 12.3 Å². The molecular formula is C17H27N3O3. The van der Waals surface area contributed by atoms with E-state index in [4.69, 9.17) is 15.2 Å². The number of nitrogens with two attached hydrogens (primary N) is 1. The second-order valence-corrected chi connectivity index (χ2v) is 6.61. The monoisotopic (exact) mass is 321 g/mol. The van der Waals surface area contributed by atoms with Crippen molar-refractivity contribution >= 4 is 17.5 Å². The van der Waals surface area contributed by atoms with Crippen molar-refractivity contribution in [1.82, 2.24) is 4.90 Å². The van der Waals surface area contributed by atoms with E-state index >= 15 is 0 Å². The fourth-order valence-corrected chi connectivity index (χ4v) is 2.47. The summed E-state index contributed by atoms with van der Waals surface area (Å²) in [6, 6.07) is 5.81. The van der Waals surface area contributed by atoms with E-state index < -0.39 is 5.60 Å². The minimum atomic E-state index is -0.461. The first kappa shape index (κ1) is 17.2. The number of benzene rings is 1. The summed E-state index contributed by atoms with van der Waals surface area (Å²) in [5.41, 5.74) is 7.16. The predicted octanol–water partition coefficient (Wildman–Crippen LogP) is 2.72. The molecule has 6 nitrogen and oxygen atoms in total. The van der Waals surface area contributed by atoms with Crippen molar-refractivity contribution in [2.24, 2.45) is 0 Å². The molecule has 0 unspecified atom stereocenters. The number of carbonyl (C=O) groups excluding carboxylic acids is 1. The van der Waals surface area contributed by atoms with E-state index in [2.05, 4.69) is 4.90 Å². The highest BCUT2D eigenvalue weighted by Crippen LogP contribution is 2.28. The minimum absolute atomic E-state index is 0.246. The van der Waals surface area contributed by atoms with Crippen LogP contribution < -0.4 is 15.4 Å². The summed E-state index contributed by atoms with van der Waals surface area (Å²) < 4.78 is 11.0. The lowest BCUT2D eigenvalue weighted by atomic mass is 10.2. The lowest BCUT2D eigenvalue weighted by Gasteiger charge is -2.36. The molecule has 1 fully saturated rings. The minimum Gasteiger partial charge on any atom is -0.492 e. The molecule has 1 heterocycles. The number of amides is 1. The Morgan fingerprint density at radius 2 is 1.87 bits per heavy atom. The summed E-state index contributed by atoms with van der Waals surface area (Å²) in [6.07, 6.45) is -0.246. The second kappa shape index (κ2) is 6.98. The molecule has 0 spiro atoms. The van der Waals surface area contributed by atoms with Crippen LogP contribution in [0.15, 0.2) is 18.2 Å². The molecule has 1 aliphatic heterocycles. The Morgan fingerprint density at radius 3 is 2.43 bits per heavy atom. The highest BCUT2D eigenvalue weighted by molar-refractivity contribution is 5.69. The highest BCUT2D eigenvalue weighted by atomic mass is 16.6. The molecule has 6 heteroatoms. The van der Waals surface area contributed by atoms with Gasteiger partial charge < -0.3 is 25.0 Å². The third-order valence-electron chi connectivity index (χ3n) is 3.59. The molecule has 1 saturated heterocycles. The van der Waals surface area contributed by atoms with E-state index in [1.54, 1.807) is 4.90 Å². The molecule has 0 bridgehead atoms. The third-order valence-corrected chi connectivity index (χ3v) is 3.59. The zero-order valence-corrected chi connectivity index (χ0v) is 14.5. The molecule has 0 aliphatic carbocycles. The molecule has 23 heavy (non-hydrogen) atoms. The van der Waals surface area contributed by atoms with E-state index in [1.807, 2.05) is 45.9 Å². The van der Waals surface area contributed by atoms with Crippen molar-refractivity contribution in [3.8, 4) is 5.75 Å². The summed E-state index contributed by atoms with van der Waals surface area (Å²) in [6.45, 7) is 11.0. The Labute approximate surface area is 138 Å². The van der Waals surface area contributed by atoms with Crippen LogP contribution in [0.3, 0.4) is 0 Å². The fourth-order valence-electron chi connectivity index (χ4n) is 2.47. The summed E-state index contributed by atoms with van der Waals surface area (Å²) in [4.78, 5) is 16.1. The number of anilines is 2. The smallest absolute Gasteiger partial charge is 0.410 e. The quantitative estimate of drug-likeness (QED) is 0.867. The van der Waals surface area contributed by atoms with Crippen LogP contribution in [0, 0.1) is 0 Å². The summed E-state index contributed by atoms with van der Waals surface area (Å²) in [5.74, 6) is 0.708. The van der Waals surface area contributed by atoms with E-state index in [0.29, 0.717) is 31.1 Å². The van der Waals surface area contributed by atoms with Crippen LogP contribution in [-0.4, -0.2) is 49.4 Å². The van der Waals surface area contributed by atoms with E-state index in [1.165, 1.54) is 0 Å². The van der Waals surface area contributed by atoms with Gasteiger partial charge in [-0.2, -0.15) is 0 Å². The third kappa shape index (κ3) is 4.68. The summed E-state index contributed by atoms with van der Waals surface area (Å²) >= 11 is 0. The summed E-state index contributed by atoms with van der Waals surface area (Å²) in [5, 5.41) is 0. The van der Waals surface area contributed by atoms with Gasteiger partial charge in [-0.25, -0.2) is 4.79 Å². The van der Waals surface area contributed by atoms with Gasteiger partial charge in [0, 0.05) is 37.9 Å². The molecule has 2 rings (SSSR count). The van der Waals surface area contributed by atoms with Gasteiger partial charge >= 0.3 is 6.09 Å². The largest absolute Gasteiger partial charge is 0.492 e. The standard InChI is InChI=1S/C17H27N3O3/c1-5-22-15-12-13(6-7-14(15)18)19-8-10-20(11-9-19)16(21)23-17(2,3)4/h6-7,12H,5,8-11,18H2,1-4H3. The topological polar surface area (TPSA) is 68.0 Å². The van der Waals surface area contributed by atoms with Gasteiger partial charge in [-0.15, -0.1) is 0 Å². The number of rotatable bonds is 3. The molecule has 0 atom stereocenters. The van der Waals surface area contributed by atoms with Crippen molar-refractivity contribution < 1.29 is 14.3 Å². The van der Waals surface area contributed by atoms with Gasteiger partial charge in [-0.1, -0.05) is 0 Å². The van der Waals surface area contributed by atoms with Gasteiger partial charge in [-0.3, -0.25) is 0 Å². The Balaban J connectivity index is 1.96.